The molecule has 3 aromatic carbocycles. The van der Waals surface area contributed by atoms with Crippen LogP contribution in [0.3, 0.4) is 0 Å². The van der Waals surface area contributed by atoms with Crippen LogP contribution in [0.1, 0.15) is 21.5 Å². The second-order valence-electron chi connectivity index (χ2n) is 6.93. The lowest BCUT2D eigenvalue weighted by Gasteiger charge is -2.11. The molecule has 0 aliphatic rings. The Bertz CT molecular complexity index is 1350. The topological polar surface area (TPSA) is 135 Å². The molecule has 0 bridgehead atoms. The number of carbonyl (C=O) groups is 2. The Balaban J connectivity index is 1.78. The van der Waals surface area contributed by atoms with Crippen LogP contribution in [0.25, 0.3) is 6.08 Å². The zero-order valence-corrected chi connectivity index (χ0v) is 18.2. The van der Waals surface area contributed by atoms with Gasteiger partial charge >= 0.3 is 6.03 Å². The number of benzene rings is 3. The van der Waals surface area contributed by atoms with E-state index in [1.54, 1.807) is 37.3 Å². The van der Waals surface area contributed by atoms with Gasteiger partial charge in [-0.25, -0.2) is 17.9 Å². The Labute approximate surface area is 190 Å². The van der Waals surface area contributed by atoms with E-state index in [1.165, 1.54) is 48.5 Å². The number of aryl methyl sites for hydroxylation is 1. The predicted molar refractivity (Wildman–Crippen MR) is 123 cm³/mol. The minimum absolute atomic E-state index is 0.0753. The Morgan fingerprint density at radius 1 is 0.939 bits per heavy atom. The van der Waals surface area contributed by atoms with E-state index < -0.39 is 26.8 Å². The minimum Gasteiger partial charge on any atom is -0.306 e. The Kier molecular flexibility index (Phi) is 6.99. The van der Waals surface area contributed by atoms with E-state index in [2.05, 4.69) is 5.32 Å². The first-order valence-electron chi connectivity index (χ1n) is 9.63. The van der Waals surface area contributed by atoms with Gasteiger partial charge in [-0.15, -0.1) is 0 Å². The highest BCUT2D eigenvalue weighted by atomic mass is 32.2. The number of para-hydroxylation sites is 2. The Morgan fingerprint density at radius 2 is 1.58 bits per heavy atom. The van der Waals surface area contributed by atoms with Crippen molar-refractivity contribution in [2.45, 2.75) is 11.8 Å². The molecule has 0 unspecified atom stereocenters. The van der Waals surface area contributed by atoms with Gasteiger partial charge in [0.15, 0.2) is 5.78 Å². The summed E-state index contributed by atoms with van der Waals surface area (Å²) in [5.74, 6) is -0.537. The third kappa shape index (κ3) is 5.89. The standard InChI is InChI=1S/C23H19N3O6S/c1-16-10-13-18(14-11-16)33(31,32)25-23(28)24-20-8-4-3-7-19(20)22(27)15-12-17-6-2-5-9-21(17)26(29)30/h2-15H,1H3,(H2,24,25,28)/b15-12+. The highest BCUT2D eigenvalue weighted by Gasteiger charge is 2.19. The van der Waals surface area contributed by atoms with Gasteiger partial charge in [0.2, 0.25) is 0 Å². The first kappa shape index (κ1) is 23.4. The van der Waals surface area contributed by atoms with Crippen LogP contribution in [0.2, 0.25) is 0 Å². The van der Waals surface area contributed by atoms with Gasteiger partial charge in [0.1, 0.15) is 0 Å². The molecule has 0 atom stereocenters. The average molecular weight is 465 g/mol. The van der Waals surface area contributed by atoms with Crippen molar-refractivity contribution >= 4 is 39.3 Å². The molecule has 0 saturated heterocycles. The molecule has 0 aliphatic carbocycles. The van der Waals surface area contributed by atoms with E-state index in [-0.39, 0.29) is 27.4 Å². The number of allylic oxidation sites excluding steroid dienone is 1. The van der Waals surface area contributed by atoms with Crippen molar-refractivity contribution in [2.75, 3.05) is 5.32 Å². The summed E-state index contributed by atoms with van der Waals surface area (Å²) >= 11 is 0. The number of amides is 2. The number of nitro benzene ring substituents is 1. The van der Waals surface area contributed by atoms with Gasteiger partial charge < -0.3 is 5.32 Å². The van der Waals surface area contributed by atoms with Crippen LogP contribution in [0.4, 0.5) is 16.2 Å². The van der Waals surface area contributed by atoms with Crippen LogP contribution in [0.15, 0.2) is 83.8 Å². The molecule has 2 N–H and O–H groups in total. The lowest BCUT2D eigenvalue weighted by atomic mass is 10.1. The highest BCUT2D eigenvalue weighted by Crippen LogP contribution is 2.21. The fourth-order valence-corrected chi connectivity index (χ4v) is 3.81. The second kappa shape index (κ2) is 9.88. The lowest BCUT2D eigenvalue weighted by Crippen LogP contribution is -2.34. The fraction of sp³-hybridized carbons (Fsp3) is 0.0435. The molecule has 2 amide bonds. The molecular weight excluding hydrogens is 446 g/mol. The quantitative estimate of drug-likeness (QED) is 0.231. The smallest absolute Gasteiger partial charge is 0.306 e. The van der Waals surface area contributed by atoms with Crippen molar-refractivity contribution in [1.29, 1.82) is 0 Å². The maximum atomic E-state index is 12.7. The van der Waals surface area contributed by atoms with Crippen molar-refractivity contribution < 1.29 is 22.9 Å². The number of sulfonamides is 1. The van der Waals surface area contributed by atoms with Crippen LogP contribution < -0.4 is 10.0 Å². The summed E-state index contributed by atoms with van der Waals surface area (Å²) in [7, 11) is -4.11. The molecule has 3 rings (SSSR count). The number of nitrogens with one attached hydrogen (secondary N) is 2. The molecule has 0 aromatic heterocycles. The van der Waals surface area contributed by atoms with Crippen molar-refractivity contribution in [3.63, 3.8) is 0 Å². The van der Waals surface area contributed by atoms with E-state index >= 15 is 0 Å². The first-order valence-corrected chi connectivity index (χ1v) is 11.1. The highest BCUT2D eigenvalue weighted by molar-refractivity contribution is 7.90. The summed E-state index contributed by atoms with van der Waals surface area (Å²) < 4.78 is 26.7. The van der Waals surface area contributed by atoms with Gasteiger partial charge in [-0.1, -0.05) is 42.0 Å². The zero-order chi connectivity index (χ0) is 24.0. The second-order valence-corrected chi connectivity index (χ2v) is 8.61. The Morgan fingerprint density at radius 3 is 2.27 bits per heavy atom. The molecule has 3 aromatic rings. The lowest BCUT2D eigenvalue weighted by molar-refractivity contribution is -0.385. The van der Waals surface area contributed by atoms with Crippen molar-refractivity contribution in [2.24, 2.45) is 0 Å². The predicted octanol–water partition coefficient (Wildman–Crippen LogP) is 4.31. The monoisotopic (exact) mass is 465 g/mol. The average Bonchev–Trinajstić information content (AvgIpc) is 2.77. The summed E-state index contributed by atoms with van der Waals surface area (Å²) in [4.78, 5) is 35.5. The number of nitrogens with zero attached hydrogens (tertiary/aromatic N) is 1. The van der Waals surface area contributed by atoms with Crippen molar-refractivity contribution in [1.82, 2.24) is 4.72 Å². The number of anilines is 1. The van der Waals surface area contributed by atoms with Gasteiger partial charge in [0.25, 0.3) is 15.7 Å². The maximum Gasteiger partial charge on any atom is 0.333 e. The van der Waals surface area contributed by atoms with Gasteiger partial charge in [-0.3, -0.25) is 14.9 Å². The number of hydrogen-bond donors (Lipinski definition) is 2. The molecule has 0 saturated carbocycles. The number of urea groups is 1. The number of nitro groups is 1. The molecule has 33 heavy (non-hydrogen) atoms. The summed E-state index contributed by atoms with van der Waals surface area (Å²) in [6.45, 7) is 1.80. The van der Waals surface area contributed by atoms with Crippen molar-refractivity contribution in [3.05, 3.63) is 106 Å². The molecule has 0 spiro atoms. The maximum absolute atomic E-state index is 12.7. The molecule has 0 aliphatic heterocycles. The van der Waals surface area contributed by atoms with Gasteiger partial charge in [-0.2, -0.15) is 0 Å². The van der Waals surface area contributed by atoms with Gasteiger partial charge in [0.05, 0.1) is 21.1 Å². The summed E-state index contributed by atoms with van der Waals surface area (Å²) in [6, 6.07) is 16.8. The van der Waals surface area contributed by atoms with Crippen LogP contribution in [0, 0.1) is 17.0 Å². The molecule has 10 heteroatoms. The van der Waals surface area contributed by atoms with E-state index in [0.29, 0.717) is 0 Å². The van der Waals surface area contributed by atoms with E-state index in [4.69, 9.17) is 0 Å². The normalized spacial score (nSPS) is 11.2. The molecule has 0 radical (unpaired) electrons. The number of rotatable bonds is 7. The third-order valence-corrected chi connectivity index (χ3v) is 5.89. The van der Waals surface area contributed by atoms with Crippen molar-refractivity contribution in [3.8, 4) is 0 Å². The Hall–Kier alpha value is -4.31. The SMILES string of the molecule is Cc1ccc(S(=O)(=O)NC(=O)Nc2ccccc2C(=O)/C=C/c2ccccc2[N+](=O)[O-])cc1. The van der Waals surface area contributed by atoms with Crippen LogP contribution in [0.5, 0.6) is 0 Å². The van der Waals surface area contributed by atoms with Gasteiger partial charge in [0, 0.05) is 11.6 Å². The van der Waals surface area contributed by atoms with Crippen LogP contribution >= 0.6 is 0 Å². The molecule has 0 fully saturated rings. The minimum atomic E-state index is -4.11. The fourth-order valence-electron chi connectivity index (χ4n) is 2.90. The van der Waals surface area contributed by atoms with E-state index in [1.807, 2.05) is 4.72 Å². The first-order chi connectivity index (χ1) is 15.7. The zero-order valence-electron chi connectivity index (χ0n) is 17.4. The summed E-state index contributed by atoms with van der Waals surface area (Å²) in [6.07, 6.45) is 2.45. The van der Waals surface area contributed by atoms with Gasteiger partial charge in [-0.05, 0) is 49.4 Å². The molecular formula is C23H19N3O6S. The number of carbonyl (C=O) groups excluding carboxylic acids is 2. The number of ketones is 1. The van der Waals surface area contributed by atoms with Crippen LogP contribution in [-0.2, 0) is 10.0 Å². The molecule has 0 heterocycles. The third-order valence-electron chi connectivity index (χ3n) is 4.55. The van der Waals surface area contributed by atoms with Crippen LogP contribution in [-0.4, -0.2) is 25.2 Å². The summed E-state index contributed by atoms with van der Waals surface area (Å²) in [5.41, 5.74) is 1.10. The summed E-state index contributed by atoms with van der Waals surface area (Å²) in [5, 5.41) is 13.5. The van der Waals surface area contributed by atoms with E-state index in [0.717, 1.165) is 11.6 Å². The largest absolute Gasteiger partial charge is 0.333 e. The van der Waals surface area contributed by atoms with E-state index in [9.17, 15) is 28.1 Å². The number of hydrogen-bond acceptors (Lipinski definition) is 6. The molecule has 9 nitrogen and oxygen atoms in total. The molecule has 168 valence electrons.